The Morgan fingerprint density at radius 1 is 1.40 bits per heavy atom. The third kappa shape index (κ3) is 2.91. The first kappa shape index (κ1) is 13.7. The average molecular weight is 277 g/mol. The van der Waals surface area contributed by atoms with Gasteiger partial charge in [-0.25, -0.2) is 0 Å². The molecular formula is C16H23NO3. The normalized spacial score (nSPS) is 28.8. The Labute approximate surface area is 120 Å². The van der Waals surface area contributed by atoms with Gasteiger partial charge in [0.15, 0.2) is 0 Å². The van der Waals surface area contributed by atoms with Crippen molar-refractivity contribution in [3.05, 3.63) is 23.8 Å². The van der Waals surface area contributed by atoms with Crippen molar-refractivity contribution in [1.82, 2.24) is 5.32 Å². The lowest BCUT2D eigenvalue weighted by Crippen LogP contribution is -2.42. The standard InChI is InChI=1S/C16H23NO3/c1-19-14-5-6-16-12(8-14)7-13(10-20-16)17-9-11-3-2-4-15(11)18/h5-6,8,11,13,15,17-18H,2-4,7,9-10H2,1H3/t11-,13-,15+/m0/s1. The lowest BCUT2D eigenvalue weighted by atomic mass is 10.0. The van der Waals surface area contributed by atoms with Crippen LogP contribution in [-0.4, -0.2) is 37.5 Å². The van der Waals surface area contributed by atoms with E-state index >= 15 is 0 Å². The predicted molar refractivity (Wildman–Crippen MR) is 77.3 cm³/mol. The van der Waals surface area contributed by atoms with Crippen molar-refractivity contribution in [2.24, 2.45) is 5.92 Å². The van der Waals surface area contributed by atoms with E-state index in [9.17, 15) is 5.11 Å². The highest BCUT2D eigenvalue weighted by atomic mass is 16.5. The molecule has 2 N–H and O–H groups in total. The molecule has 1 aromatic rings. The zero-order chi connectivity index (χ0) is 13.9. The molecule has 20 heavy (non-hydrogen) atoms. The molecule has 1 heterocycles. The molecule has 0 aromatic heterocycles. The molecule has 1 fully saturated rings. The Bertz CT molecular complexity index is 463. The number of hydrogen-bond acceptors (Lipinski definition) is 4. The molecule has 3 rings (SSSR count). The average Bonchev–Trinajstić information content (AvgIpc) is 2.89. The van der Waals surface area contributed by atoms with Gasteiger partial charge in [-0.05, 0) is 48.9 Å². The first-order valence-corrected chi connectivity index (χ1v) is 7.47. The van der Waals surface area contributed by atoms with E-state index in [1.165, 1.54) is 5.56 Å². The SMILES string of the molecule is COc1ccc2c(c1)C[C@H](NC[C@@H]1CCC[C@H]1O)CO2. The van der Waals surface area contributed by atoms with Crippen molar-refractivity contribution in [1.29, 1.82) is 0 Å². The number of nitrogens with one attached hydrogen (secondary N) is 1. The fraction of sp³-hybridized carbons (Fsp3) is 0.625. The Kier molecular flexibility index (Phi) is 4.13. The van der Waals surface area contributed by atoms with Crippen molar-refractivity contribution < 1.29 is 14.6 Å². The molecule has 0 amide bonds. The topological polar surface area (TPSA) is 50.7 Å². The first-order chi connectivity index (χ1) is 9.76. The number of rotatable bonds is 4. The molecule has 0 spiro atoms. The first-order valence-electron chi connectivity index (χ1n) is 7.47. The van der Waals surface area contributed by atoms with E-state index < -0.39 is 0 Å². The van der Waals surface area contributed by atoms with Gasteiger partial charge in [0.1, 0.15) is 18.1 Å². The predicted octanol–water partition coefficient (Wildman–Crippen LogP) is 1.75. The number of aliphatic hydroxyl groups is 1. The van der Waals surface area contributed by atoms with Crippen LogP contribution in [0.5, 0.6) is 11.5 Å². The van der Waals surface area contributed by atoms with E-state index in [-0.39, 0.29) is 6.10 Å². The molecule has 1 saturated carbocycles. The molecule has 4 heteroatoms. The van der Waals surface area contributed by atoms with E-state index in [1.54, 1.807) is 7.11 Å². The van der Waals surface area contributed by atoms with Crippen LogP contribution in [0.2, 0.25) is 0 Å². The molecule has 1 aliphatic heterocycles. The molecular weight excluding hydrogens is 254 g/mol. The number of hydrogen-bond donors (Lipinski definition) is 2. The Hall–Kier alpha value is -1.26. The van der Waals surface area contributed by atoms with Crippen LogP contribution in [0.4, 0.5) is 0 Å². The van der Waals surface area contributed by atoms with Gasteiger partial charge in [-0.2, -0.15) is 0 Å². The van der Waals surface area contributed by atoms with Gasteiger partial charge in [0.05, 0.1) is 13.2 Å². The highest BCUT2D eigenvalue weighted by Crippen LogP contribution is 2.29. The number of methoxy groups -OCH3 is 1. The summed E-state index contributed by atoms with van der Waals surface area (Å²) in [4.78, 5) is 0. The van der Waals surface area contributed by atoms with Crippen molar-refractivity contribution in [3.8, 4) is 11.5 Å². The van der Waals surface area contributed by atoms with Gasteiger partial charge in [0, 0.05) is 12.6 Å². The van der Waals surface area contributed by atoms with E-state index in [0.717, 1.165) is 43.7 Å². The number of fused-ring (bicyclic) bond motifs is 1. The van der Waals surface area contributed by atoms with Crippen molar-refractivity contribution in [3.63, 3.8) is 0 Å². The molecule has 0 bridgehead atoms. The van der Waals surface area contributed by atoms with E-state index in [4.69, 9.17) is 9.47 Å². The quantitative estimate of drug-likeness (QED) is 0.880. The Morgan fingerprint density at radius 3 is 3.05 bits per heavy atom. The van der Waals surface area contributed by atoms with Crippen molar-refractivity contribution >= 4 is 0 Å². The minimum Gasteiger partial charge on any atom is -0.497 e. The van der Waals surface area contributed by atoms with Crippen LogP contribution in [0.3, 0.4) is 0 Å². The summed E-state index contributed by atoms with van der Waals surface area (Å²) in [5.41, 5.74) is 1.19. The van der Waals surface area contributed by atoms with Crippen LogP contribution in [-0.2, 0) is 6.42 Å². The van der Waals surface area contributed by atoms with Gasteiger partial charge in [-0.1, -0.05) is 6.42 Å². The maximum Gasteiger partial charge on any atom is 0.122 e. The minimum absolute atomic E-state index is 0.126. The summed E-state index contributed by atoms with van der Waals surface area (Å²) >= 11 is 0. The molecule has 0 radical (unpaired) electrons. The van der Waals surface area contributed by atoms with Gasteiger partial charge in [-0.15, -0.1) is 0 Å². The lowest BCUT2D eigenvalue weighted by molar-refractivity contribution is 0.126. The van der Waals surface area contributed by atoms with Crippen LogP contribution < -0.4 is 14.8 Å². The van der Waals surface area contributed by atoms with Crippen LogP contribution in [0, 0.1) is 5.92 Å². The maximum atomic E-state index is 9.86. The Balaban J connectivity index is 1.57. The number of aliphatic hydroxyl groups excluding tert-OH is 1. The highest BCUT2D eigenvalue weighted by molar-refractivity contribution is 5.42. The maximum absolute atomic E-state index is 9.86. The van der Waals surface area contributed by atoms with Crippen molar-refractivity contribution in [2.45, 2.75) is 37.8 Å². The second-order valence-corrected chi connectivity index (χ2v) is 5.85. The summed E-state index contributed by atoms with van der Waals surface area (Å²) in [6.45, 7) is 1.58. The van der Waals surface area contributed by atoms with Gasteiger partial charge in [0.2, 0.25) is 0 Å². The summed E-state index contributed by atoms with van der Waals surface area (Å²) in [6, 6.07) is 6.28. The largest absolute Gasteiger partial charge is 0.497 e. The summed E-state index contributed by atoms with van der Waals surface area (Å²) in [5, 5.41) is 13.4. The van der Waals surface area contributed by atoms with Crippen molar-refractivity contribution in [2.75, 3.05) is 20.3 Å². The summed E-state index contributed by atoms with van der Waals surface area (Å²) in [6.07, 6.45) is 4.06. The minimum atomic E-state index is -0.126. The van der Waals surface area contributed by atoms with Gasteiger partial charge >= 0.3 is 0 Å². The van der Waals surface area contributed by atoms with Crippen LogP contribution in [0.15, 0.2) is 18.2 Å². The molecule has 1 aliphatic carbocycles. The smallest absolute Gasteiger partial charge is 0.122 e. The molecule has 0 saturated heterocycles. The summed E-state index contributed by atoms with van der Waals surface area (Å²) in [7, 11) is 1.68. The van der Waals surface area contributed by atoms with Gasteiger partial charge in [-0.3, -0.25) is 0 Å². The lowest BCUT2D eigenvalue weighted by Gasteiger charge is -2.28. The highest BCUT2D eigenvalue weighted by Gasteiger charge is 2.27. The number of benzene rings is 1. The molecule has 110 valence electrons. The van der Waals surface area contributed by atoms with Gasteiger partial charge < -0.3 is 19.9 Å². The van der Waals surface area contributed by atoms with E-state index in [2.05, 4.69) is 5.32 Å². The monoisotopic (exact) mass is 277 g/mol. The fourth-order valence-electron chi connectivity index (χ4n) is 3.20. The molecule has 3 atom stereocenters. The third-order valence-electron chi connectivity index (χ3n) is 4.46. The number of ether oxygens (including phenoxy) is 2. The van der Waals surface area contributed by atoms with Crippen LogP contribution in [0.25, 0.3) is 0 Å². The van der Waals surface area contributed by atoms with E-state index in [1.807, 2.05) is 18.2 Å². The van der Waals surface area contributed by atoms with Crippen LogP contribution >= 0.6 is 0 Å². The fourth-order valence-corrected chi connectivity index (χ4v) is 3.20. The molecule has 2 aliphatic rings. The summed E-state index contributed by atoms with van der Waals surface area (Å²) < 4.78 is 11.1. The molecule has 1 aromatic carbocycles. The zero-order valence-corrected chi connectivity index (χ0v) is 12.0. The molecule has 4 nitrogen and oxygen atoms in total. The summed E-state index contributed by atoms with van der Waals surface area (Å²) in [5.74, 6) is 2.24. The van der Waals surface area contributed by atoms with Gasteiger partial charge in [0.25, 0.3) is 0 Å². The second kappa shape index (κ2) is 6.02. The second-order valence-electron chi connectivity index (χ2n) is 5.85. The third-order valence-corrected chi connectivity index (χ3v) is 4.46. The zero-order valence-electron chi connectivity index (χ0n) is 12.0. The molecule has 0 unspecified atom stereocenters. The van der Waals surface area contributed by atoms with E-state index in [0.29, 0.717) is 18.6 Å². The Morgan fingerprint density at radius 2 is 2.30 bits per heavy atom. The van der Waals surface area contributed by atoms with Crippen LogP contribution in [0.1, 0.15) is 24.8 Å².